The van der Waals surface area contributed by atoms with Gasteiger partial charge in [-0.2, -0.15) is 0 Å². The molecule has 0 bridgehead atoms. The first-order valence-electron chi connectivity index (χ1n) is 7.52. The van der Waals surface area contributed by atoms with Gasteiger partial charge in [-0.05, 0) is 6.42 Å². The van der Waals surface area contributed by atoms with Crippen molar-refractivity contribution < 1.29 is 44.1 Å². The van der Waals surface area contributed by atoms with Gasteiger partial charge >= 0.3 is 0 Å². The lowest BCUT2D eigenvalue weighted by atomic mass is 10.2. The van der Waals surface area contributed by atoms with Gasteiger partial charge in [0.1, 0.15) is 0 Å². The average molecular weight is 345 g/mol. The smallest absolute Gasteiger partial charge is 0.0913 e. The van der Waals surface area contributed by atoms with Crippen LogP contribution in [0.4, 0.5) is 0 Å². The topological polar surface area (TPSA) is 173 Å². The second-order valence-electron chi connectivity index (χ2n) is 5.47. The standard InChI is InChI=1S/C14H24N2O8/c17-11(18)1-5-15-6-10-16(7-2-12(19)20,8-3-13(21)22)9-4-14(23)24/h15H,1-10H2,(H3-,17,18,19,20,21,22,23,24)/p-3. The molecule has 0 aliphatic rings. The van der Waals surface area contributed by atoms with Crippen molar-refractivity contribution in [2.75, 3.05) is 39.3 Å². The highest BCUT2D eigenvalue weighted by atomic mass is 16.4. The fourth-order valence-electron chi connectivity index (χ4n) is 2.29. The molecule has 138 valence electrons. The highest BCUT2D eigenvalue weighted by molar-refractivity contribution is 5.65. The van der Waals surface area contributed by atoms with Crippen molar-refractivity contribution in [3.05, 3.63) is 0 Å². The summed E-state index contributed by atoms with van der Waals surface area (Å²) in [5.41, 5.74) is 0. The lowest BCUT2D eigenvalue weighted by Gasteiger charge is -2.39. The molecule has 0 saturated carbocycles. The van der Waals surface area contributed by atoms with Crippen molar-refractivity contribution in [1.29, 1.82) is 0 Å². The molecule has 0 aliphatic heterocycles. The summed E-state index contributed by atoms with van der Waals surface area (Å²) in [6.45, 7) is 0.576. The van der Waals surface area contributed by atoms with Gasteiger partial charge < -0.3 is 49.4 Å². The van der Waals surface area contributed by atoms with Gasteiger partial charge in [0.25, 0.3) is 0 Å². The minimum Gasteiger partial charge on any atom is -0.550 e. The summed E-state index contributed by atoms with van der Waals surface area (Å²) in [7, 11) is 0. The SMILES string of the molecule is O=C([O-])CCNCC[N+](CCC(=O)[O-])(CCC(=O)[O-])CCC(=O)[O-]. The predicted octanol–water partition coefficient (Wildman–Crippen LogP) is -6.05. The number of rotatable bonds is 15. The number of hydrogen-bond donors (Lipinski definition) is 1. The van der Waals surface area contributed by atoms with Crippen LogP contribution in [-0.2, 0) is 19.2 Å². The Bertz CT molecular complexity index is 407. The summed E-state index contributed by atoms with van der Waals surface area (Å²) in [4.78, 5) is 42.4. The Balaban J connectivity index is 4.84. The van der Waals surface area contributed by atoms with Gasteiger partial charge in [0.05, 0.1) is 26.2 Å². The van der Waals surface area contributed by atoms with E-state index in [9.17, 15) is 39.6 Å². The fourth-order valence-corrected chi connectivity index (χ4v) is 2.29. The van der Waals surface area contributed by atoms with Crippen molar-refractivity contribution in [2.24, 2.45) is 0 Å². The minimum absolute atomic E-state index is 0.00887. The molecule has 0 aromatic rings. The molecule has 0 unspecified atom stereocenters. The third kappa shape index (κ3) is 11.4. The number of nitrogens with zero attached hydrogens (tertiary/aromatic N) is 1. The largest absolute Gasteiger partial charge is 0.550 e. The number of carbonyl (C=O) groups excluding carboxylic acids is 4. The van der Waals surface area contributed by atoms with Crippen molar-refractivity contribution in [3.63, 3.8) is 0 Å². The maximum atomic E-state index is 10.7. The Labute approximate surface area is 139 Å². The molecule has 0 spiro atoms. The molecule has 24 heavy (non-hydrogen) atoms. The van der Waals surface area contributed by atoms with Crippen LogP contribution >= 0.6 is 0 Å². The normalized spacial score (nSPS) is 11.2. The van der Waals surface area contributed by atoms with Gasteiger partial charge in [-0.3, -0.25) is 0 Å². The molecule has 0 aromatic carbocycles. The van der Waals surface area contributed by atoms with E-state index in [1.165, 1.54) is 0 Å². The van der Waals surface area contributed by atoms with E-state index in [1.807, 2.05) is 0 Å². The molecular formula is C14H21N2O8-3. The first kappa shape index (κ1) is 21.8. The molecule has 10 nitrogen and oxygen atoms in total. The second-order valence-corrected chi connectivity index (χ2v) is 5.47. The van der Waals surface area contributed by atoms with Crippen molar-refractivity contribution in [2.45, 2.75) is 25.7 Å². The van der Waals surface area contributed by atoms with Crippen molar-refractivity contribution in [1.82, 2.24) is 5.32 Å². The third-order valence-corrected chi connectivity index (χ3v) is 3.64. The second kappa shape index (κ2) is 11.4. The molecule has 0 rings (SSSR count). The molecule has 0 radical (unpaired) electrons. The lowest BCUT2D eigenvalue weighted by Crippen LogP contribution is -2.56. The van der Waals surface area contributed by atoms with E-state index in [0.29, 0.717) is 0 Å². The maximum absolute atomic E-state index is 10.7. The number of carboxylic acids is 4. The van der Waals surface area contributed by atoms with E-state index < -0.39 is 23.9 Å². The van der Waals surface area contributed by atoms with Gasteiger partial charge in [0.15, 0.2) is 0 Å². The van der Waals surface area contributed by atoms with Gasteiger partial charge in [-0.25, -0.2) is 0 Å². The van der Waals surface area contributed by atoms with Gasteiger partial charge in [0.2, 0.25) is 0 Å². The summed E-state index contributed by atoms with van der Waals surface area (Å²) in [6.07, 6.45) is -1.30. The monoisotopic (exact) mass is 345 g/mol. The predicted molar refractivity (Wildman–Crippen MR) is 71.1 cm³/mol. The maximum Gasteiger partial charge on any atom is 0.0913 e. The third-order valence-electron chi connectivity index (χ3n) is 3.64. The molecule has 0 fully saturated rings. The van der Waals surface area contributed by atoms with E-state index in [0.717, 1.165) is 0 Å². The van der Waals surface area contributed by atoms with Crippen LogP contribution in [0.2, 0.25) is 0 Å². The van der Waals surface area contributed by atoms with Crippen LogP contribution in [0.5, 0.6) is 0 Å². The Morgan fingerprint density at radius 3 is 1.29 bits per heavy atom. The molecule has 0 saturated heterocycles. The summed E-state index contributed by atoms with van der Waals surface area (Å²) in [5.74, 6) is -5.22. The molecule has 0 aromatic heterocycles. The molecule has 1 N–H and O–H groups in total. The Morgan fingerprint density at radius 1 is 0.583 bits per heavy atom. The van der Waals surface area contributed by atoms with Crippen molar-refractivity contribution in [3.8, 4) is 0 Å². The van der Waals surface area contributed by atoms with Crippen molar-refractivity contribution >= 4 is 23.9 Å². The molecule has 0 heterocycles. The highest BCUT2D eigenvalue weighted by Crippen LogP contribution is 2.11. The fraction of sp³-hybridized carbons (Fsp3) is 0.714. The molecule has 0 atom stereocenters. The zero-order valence-electron chi connectivity index (χ0n) is 13.3. The number of carbonyl (C=O) groups is 4. The Hall–Kier alpha value is -2.20. The highest BCUT2D eigenvalue weighted by Gasteiger charge is 2.26. The van der Waals surface area contributed by atoms with Crippen LogP contribution in [0.25, 0.3) is 0 Å². The number of carboxylic acid groups (broad SMARTS) is 4. The summed E-state index contributed by atoms with van der Waals surface area (Å²) >= 11 is 0. The lowest BCUT2D eigenvalue weighted by molar-refractivity contribution is -0.926. The minimum atomic E-state index is -1.33. The average Bonchev–Trinajstić information content (AvgIpc) is 2.47. The zero-order chi connectivity index (χ0) is 18.6. The van der Waals surface area contributed by atoms with Gasteiger partial charge in [0, 0.05) is 56.2 Å². The van der Waals surface area contributed by atoms with E-state index in [1.54, 1.807) is 0 Å². The molecule has 0 amide bonds. The van der Waals surface area contributed by atoms with Crippen LogP contribution < -0.4 is 25.7 Å². The van der Waals surface area contributed by atoms with Crippen LogP contribution in [0, 0.1) is 0 Å². The quantitative estimate of drug-likeness (QED) is 0.224. The molecule has 10 heteroatoms. The van der Waals surface area contributed by atoms with Gasteiger partial charge in [-0.15, -0.1) is 0 Å². The molecular weight excluding hydrogens is 324 g/mol. The Morgan fingerprint density at radius 2 is 0.958 bits per heavy atom. The van der Waals surface area contributed by atoms with E-state index in [-0.39, 0.29) is 69.4 Å². The number of nitrogens with one attached hydrogen (secondary N) is 1. The van der Waals surface area contributed by atoms with Crippen LogP contribution in [0.1, 0.15) is 25.7 Å². The first-order valence-corrected chi connectivity index (χ1v) is 7.52. The van der Waals surface area contributed by atoms with Crippen LogP contribution in [0.3, 0.4) is 0 Å². The van der Waals surface area contributed by atoms with E-state index >= 15 is 0 Å². The Kier molecular flexibility index (Phi) is 10.3. The van der Waals surface area contributed by atoms with Gasteiger partial charge in [-0.1, -0.05) is 0 Å². The van der Waals surface area contributed by atoms with Crippen LogP contribution in [-0.4, -0.2) is 67.6 Å². The molecule has 0 aliphatic carbocycles. The van der Waals surface area contributed by atoms with E-state index in [2.05, 4.69) is 5.32 Å². The first-order chi connectivity index (χ1) is 11.2. The number of quaternary nitrogens is 1. The summed E-state index contributed by atoms with van der Waals surface area (Å²) < 4.78 is -0.0890. The summed E-state index contributed by atoms with van der Waals surface area (Å²) in [5, 5.41) is 45.3. The summed E-state index contributed by atoms with van der Waals surface area (Å²) in [6, 6.07) is 0. The number of hydrogen-bond acceptors (Lipinski definition) is 9. The van der Waals surface area contributed by atoms with E-state index in [4.69, 9.17) is 0 Å². The zero-order valence-corrected chi connectivity index (χ0v) is 13.3. The number of aliphatic carboxylic acids is 4. The van der Waals surface area contributed by atoms with Crippen LogP contribution in [0.15, 0.2) is 0 Å².